The lowest BCUT2D eigenvalue weighted by Gasteiger charge is -2.11. The first-order valence-corrected chi connectivity index (χ1v) is 5.68. The van der Waals surface area contributed by atoms with Gasteiger partial charge in [0, 0.05) is 12.1 Å². The van der Waals surface area contributed by atoms with Gasteiger partial charge in [0.15, 0.2) is 0 Å². The van der Waals surface area contributed by atoms with E-state index in [1.807, 2.05) is 0 Å². The molecule has 0 aliphatic carbocycles. The number of rotatable bonds is 6. The molecule has 18 heavy (non-hydrogen) atoms. The third kappa shape index (κ3) is 3.59. The third-order valence-corrected chi connectivity index (χ3v) is 2.47. The van der Waals surface area contributed by atoms with E-state index in [9.17, 15) is 9.59 Å². The highest BCUT2D eigenvalue weighted by Gasteiger charge is 2.16. The van der Waals surface area contributed by atoms with Crippen LogP contribution in [0.15, 0.2) is 10.5 Å². The van der Waals surface area contributed by atoms with Gasteiger partial charge in [0.25, 0.3) is 0 Å². The SMILES string of the molecule is CCOC(=O)C(C)NCc1cc(C(=O)O)oc1C. The van der Waals surface area contributed by atoms with Crippen molar-refractivity contribution in [2.24, 2.45) is 0 Å². The standard InChI is InChI=1S/C12H17NO5/c1-4-17-12(16)7(2)13-6-9-5-10(11(14)15)18-8(9)3/h5,7,13H,4,6H2,1-3H3,(H,14,15). The van der Waals surface area contributed by atoms with Gasteiger partial charge < -0.3 is 19.6 Å². The number of carboxylic acids is 1. The average molecular weight is 255 g/mol. The Hall–Kier alpha value is -1.82. The summed E-state index contributed by atoms with van der Waals surface area (Å²) in [6, 6.07) is 0.996. The Bertz CT molecular complexity index is 438. The quantitative estimate of drug-likeness (QED) is 0.745. The molecule has 0 bridgehead atoms. The zero-order valence-electron chi connectivity index (χ0n) is 10.6. The van der Waals surface area contributed by atoms with E-state index >= 15 is 0 Å². The minimum absolute atomic E-state index is 0.104. The fourth-order valence-corrected chi connectivity index (χ4v) is 1.41. The first-order valence-electron chi connectivity index (χ1n) is 5.68. The van der Waals surface area contributed by atoms with Crippen LogP contribution in [-0.4, -0.2) is 29.7 Å². The molecule has 2 N–H and O–H groups in total. The number of furan rings is 1. The Labute approximate surface area is 105 Å². The van der Waals surface area contributed by atoms with Crippen LogP contribution in [0.1, 0.15) is 35.7 Å². The van der Waals surface area contributed by atoms with Gasteiger partial charge in [0.2, 0.25) is 5.76 Å². The van der Waals surface area contributed by atoms with E-state index in [1.165, 1.54) is 6.07 Å². The molecule has 0 amide bonds. The monoisotopic (exact) mass is 255 g/mol. The van der Waals surface area contributed by atoms with Gasteiger partial charge in [-0.1, -0.05) is 0 Å². The molecule has 6 heteroatoms. The summed E-state index contributed by atoms with van der Waals surface area (Å²) < 4.78 is 9.91. The number of nitrogens with one attached hydrogen (secondary N) is 1. The number of carbonyl (C=O) groups is 2. The van der Waals surface area contributed by atoms with E-state index in [0.29, 0.717) is 24.5 Å². The van der Waals surface area contributed by atoms with Crippen molar-refractivity contribution in [2.45, 2.75) is 33.4 Å². The number of esters is 1. The first-order chi connectivity index (χ1) is 8.45. The lowest BCUT2D eigenvalue weighted by atomic mass is 10.2. The number of aromatic carboxylic acids is 1. The average Bonchev–Trinajstić information content (AvgIpc) is 2.68. The highest BCUT2D eigenvalue weighted by atomic mass is 16.5. The van der Waals surface area contributed by atoms with Crippen molar-refractivity contribution in [1.29, 1.82) is 0 Å². The summed E-state index contributed by atoms with van der Waals surface area (Å²) in [5, 5.41) is 11.7. The molecule has 0 aromatic carbocycles. The molecular formula is C12H17NO5. The Morgan fingerprint density at radius 2 is 2.22 bits per heavy atom. The third-order valence-electron chi connectivity index (χ3n) is 2.47. The fraction of sp³-hybridized carbons (Fsp3) is 0.500. The molecule has 1 atom stereocenters. The Kier molecular flexibility index (Phi) is 4.91. The minimum atomic E-state index is -1.11. The summed E-state index contributed by atoms with van der Waals surface area (Å²) in [4.78, 5) is 22.1. The van der Waals surface area contributed by atoms with Crippen molar-refractivity contribution >= 4 is 11.9 Å². The molecule has 6 nitrogen and oxygen atoms in total. The molecule has 1 rings (SSSR count). The van der Waals surface area contributed by atoms with E-state index in [2.05, 4.69) is 5.32 Å². The molecule has 0 fully saturated rings. The zero-order valence-corrected chi connectivity index (χ0v) is 10.6. The summed E-state index contributed by atoms with van der Waals surface area (Å²) in [6.07, 6.45) is 0. The maximum atomic E-state index is 11.4. The molecular weight excluding hydrogens is 238 g/mol. The number of ether oxygens (including phenoxy) is 1. The lowest BCUT2D eigenvalue weighted by Crippen LogP contribution is -2.34. The second kappa shape index (κ2) is 6.20. The van der Waals surface area contributed by atoms with Gasteiger partial charge in [0.05, 0.1) is 6.61 Å². The number of carbonyl (C=O) groups excluding carboxylic acids is 1. The van der Waals surface area contributed by atoms with E-state index in [1.54, 1.807) is 20.8 Å². The maximum absolute atomic E-state index is 11.4. The molecule has 0 radical (unpaired) electrons. The van der Waals surface area contributed by atoms with Crippen LogP contribution in [0.2, 0.25) is 0 Å². The molecule has 1 aromatic rings. The molecule has 0 spiro atoms. The largest absolute Gasteiger partial charge is 0.475 e. The van der Waals surface area contributed by atoms with E-state index in [-0.39, 0.29) is 11.7 Å². The van der Waals surface area contributed by atoms with Crippen LogP contribution in [0.5, 0.6) is 0 Å². The van der Waals surface area contributed by atoms with Crippen LogP contribution in [0, 0.1) is 6.92 Å². The number of hydrogen-bond acceptors (Lipinski definition) is 5. The zero-order chi connectivity index (χ0) is 13.7. The second-order valence-electron chi connectivity index (χ2n) is 3.85. The lowest BCUT2D eigenvalue weighted by molar-refractivity contribution is -0.145. The summed E-state index contributed by atoms with van der Waals surface area (Å²) in [5.74, 6) is -1.02. The van der Waals surface area contributed by atoms with Crippen molar-refractivity contribution in [1.82, 2.24) is 5.32 Å². The molecule has 0 aliphatic heterocycles. The second-order valence-corrected chi connectivity index (χ2v) is 3.85. The molecule has 100 valence electrons. The normalized spacial score (nSPS) is 12.2. The van der Waals surface area contributed by atoms with Crippen molar-refractivity contribution < 1.29 is 23.8 Å². The number of aryl methyl sites for hydroxylation is 1. The summed E-state index contributed by atoms with van der Waals surface area (Å²) in [6.45, 7) is 5.79. The van der Waals surface area contributed by atoms with Crippen molar-refractivity contribution in [2.75, 3.05) is 6.61 Å². The number of carboxylic acid groups (broad SMARTS) is 1. The van der Waals surface area contributed by atoms with Crippen LogP contribution < -0.4 is 5.32 Å². The summed E-state index contributed by atoms with van der Waals surface area (Å²) in [7, 11) is 0. The Morgan fingerprint density at radius 3 is 2.72 bits per heavy atom. The van der Waals surface area contributed by atoms with E-state index in [4.69, 9.17) is 14.3 Å². The predicted molar refractivity (Wildman–Crippen MR) is 63.3 cm³/mol. The molecule has 1 aromatic heterocycles. The Balaban J connectivity index is 2.58. The van der Waals surface area contributed by atoms with Crippen LogP contribution >= 0.6 is 0 Å². The van der Waals surface area contributed by atoms with Gasteiger partial charge in [-0.2, -0.15) is 0 Å². The van der Waals surface area contributed by atoms with Crippen LogP contribution in [0.4, 0.5) is 0 Å². The molecule has 0 saturated carbocycles. The maximum Gasteiger partial charge on any atom is 0.371 e. The summed E-state index contributed by atoms with van der Waals surface area (Å²) >= 11 is 0. The van der Waals surface area contributed by atoms with E-state index in [0.717, 1.165) is 0 Å². The van der Waals surface area contributed by atoms with Gasteiger partial charge >= 0.3 is 11.9 Å². The van der Waals surface area contributed by atoms with Crippen LogP contribution in [0.25, 0.3) is 0 Å². The molecule has 0 aliphatic rings. The predicted octanol–water partition coefficient (Wildman–Crippen LogP) is 1.33. The van der Waals surface area contributed by atoms with Gasteiger partial charge in [-0.15, -0.1) is 0 Å². The topological polar surface area (TPSA) is 88.8 Å². The van der Waals surface area contributed by atoms with Crippen molar-refractivity contribution in [3.05, 3.63) is 23.2 Å². The van der Waals surface area contributed by atoms with Crippen LogP contribution in [-0.2, 0) is 16.1 Å². The molecule has 1 heterocycles. The van der Waals surface area contributed by atoms with Gasteiger partial charge in [0.1, 0.15) is 11.8 Å². The fourth-order valence-electron chi connectivity index (χ4n) is 1.41. The highest BCUT2D eigenvalue weighted by molar-refractivity contribution is 5.84. The van der Waals surface area contributed by atoms with Gasteiger partial charge in [-0.25, -0.2) is 4.79 Å². The highest BCUT2D eigenvalue weighted by Crippen LogP contribution is 2.14. The van der Waals surface area contributed by atoms with Crippen LogP contribution in [0.3, 0.4) is 0 Å². The van der Waals surface area contributed by atoms with Gasteiger partial charge in [-0.3, -0.25) is 4.79 Å². The number of hydrogen-bond donors (Lipinski definition) is 2. The van der Waals surface area contributed by atoms with Gasteiger partial charge in [-0.05, 0) is 26.8 Å². The first kappa shape index (κ1) is 14.2. The van der Waals surface area contributed by atoms with Crippen molar-refractivity contribution in [3.63, 3.8) is 0 Å². The van der Waals surface area contributed by atoms with Crippen molar-refractivity contribution in [3.8, 4) is 0 Å². The minimum Gasteiger partial charge on any atom is -0.475 e. The summed E-state index contributed by atoms with van der Waals surface area (Å²) in [5.41, 5.74) is 0.712. The smallest absolute Gasteiger partial charge is 0.371 e. The molecule has 0 saturated heterocycles. The Morgan fingerprint density at radius 1 is 1.56 bits per heavy atom. The molecule has 1 unspecified atom stereocenters. The van der Waals surface area contributed by atoms with E-state index < -0.39 is 12.0 Å².